The molecule has 100 valence electrons. The van der Waals surface area contributed by atoms with Crippen molar-refractivity contribution in [3.05, 3.63) is 22.2 Å². The molecule has 0 atom stereocenters. The molecule has 0 aliphatic carbocycles. The Morgan fingerprint density at radius 1 is 1.56 bits per heavy atom. The SMILES string of the molecule is CCc1nc(N(CCC(=O)O)C(C)C)cc(=O)[nH]1. The van der Waals surface area contributed by atoms with Gasteiger partial charge in [0, 0.05) is 25.1 Å². The van der Waals surface area contributed by atoms with Crippen LogP contribution in [0.15, 0.2) is 10.9 Å². The van der Waals surface area contributed by atoms with Crippen LogP contribution in [0, 0.1) is 0 Å². The van der Waals surface area contributed by atoms with Crippen LogP contribution in [-0.2, 0) is 11.2 Å². The number of aliphatic carboxylic acids is 1. The normalized spacial score (nSPS) is 10.7. The second-order valence-corrected chi connectivity index (χ2v) is 4.33. The number of carboxylic acid groups (broad SMARTS) is 1. The maximum atomic E-state index is 11.5. The van der Waals surface area contributed by atoms with Gasteiger partial charge in [-0.15, -0.1) is 0 Å². The molecule has 0 spiro atoms. The van der Waals surface area contributed by atoms with Crippen molar-refractivity contribution in [1.82, 2.24) is 9.97 Å². The Hall–Kier alpha value is -1.85. The van der Waals surface area contributed by atoms with Crippen molar-refractivity contribution in [2.45, 2.75) is 39.7 Å². The average molecular weight is 253 g/mol. The monoisotopic (exact) mass is 253 g/mol. The van der Waals surface area contributed by atoms with Gasteiger partial charge in [0.05, 0.1) is 6.42 Å². The third-order valence-electron chi connectivity index (χ3n) is 2.60. The van der Waals surface area contributed by atoms with E-state index in [1.54, 1.807) is 0 Å². The first-order valence-electron chi connectivity index (χ1n) is 6.02. The molecule has 0 unspecified atom stereocenters. The predicted molar refractivity (Wildman–Crippen MR) is 69.0 cm³/mol. The molecule has 0 radical (unpaired) electrons. The number of H-pyrrole nitrogens is 1. The standard InChI is InChI=1S/C12H19N3O3/c1-4-9-13-10(7-11(16)14-9)15(8(2)3)6-5-12(17)18/h7-8H,4-6H2,1-3H3,(H,17,18)(H,13,14,16). The Kier molecular flexibility index (Phi) is 4.88. The fraction of sp³-hybridized carbons (Fsp3) is 0.583. The first kappa shape index (κ1) is 14.2. The molecule has 1 rings (SSSR count). The number of hydrogen-bond acceptors (Lipinski definition) is 4. The minimum absolute atomic E-state index is 0.0219. The third kappa shape index (κ3) is 3.87. The Bertz CT molecular complexity index is 468. The number of nitrogens with zero attached hydrogens (tertiary/aromatic N) is 2. The van der Waals surface area contributed by atoms with Gasteiger partial charge < -0.3 is 15.0 Å². The summed E-state index contributed by atoms with van der Waals surface area (Å²) in [6, 6.07) is 1.49. The van der Waals surface area contributed by atoms with E-state index in [4.69, 9.17) is 5.11 Å². The van der Waals surface area contributed by atoms with E-state index in [1.165, 1.54) is 6.07 Å². The Morgan fingerprint density at radius 2 is 2.22 bits per heavy atom. The van der Waals surface area contributed by atoms with E-state index in [2.05, 4.69) is 9.97 Å². The van der Waals surface area contributed by atoms with E-state index in [-0.39, 0.29) is 18.0 Å². The van der Waals surface area contributed by atoms with Crippen LogP contribution >= 0.6 is 0 Å². The second-order valence-electron chi connectivity index (χ2n) is 4.33. The highest BCUT2D eigenvalue weighted by Crippen LogP contribution is 2.12. The molecule has 1 heterocycles. The number of anilines is 1. The van der Waals surface area contributed by atoms with Crippen LogP contribution in [0.2, 0.25) is 0 Å². The van der Waals surface area contributed by atoms with Crippen LogP contribution in [0.4, 0.5) is 5.82 Å². The van der Waals surface area contributed by atoms with E-state index >= 15 is 0 Å². The van der Waals surface area contributed by atoms with Crippen molar-refractivity contribution in [2.24, 2.45) is 0 Å². The molecule has 0 amide bonds. The number of aromatic nitrogens is 2. The lowest BCUT2D eigenvalue weighted by Gasteiger charge is -2.27. The van der Waals surface area contributed by atoms with Gasteiger partial charge in [0.15, 0.2) is 0 Å². The van der Waals surface area contributed by atoms with E-state index in [1.807, 2.05) is 25.7 Å². The summed E-state index contributed by atoms with van der Waals surface area (Å²) in [6.45, 7) is 6.12. The summed E-state index contributed by atoms with van der Waals surface area (Å²) in [7, 11) is 0. The molecule has 2 N–H and O–H groups in total. The van der Waals surface area contributed by atoms with E-state index in [9.17, 15) is 9.59 Å². The molecular formula is C12H19N3O3. The molecule has 0 saturated carbocycles. The number of carbonyl (C=O) groups is 1. The zero-order valence-corrected chi connectivity index (χ0v) is 10.9. The van der Waals surface area contributed by atoms with Gasteiger partial charge in [-0.25, -0.2) is 4.98 Å². The molecule has 0 fully saturated rings. The highest BCUT2D eigenvalue weighted by molar-refractivity contribution is 5.67. The molecule has 0 aliphatic rings. The van der Waals surface area contributed by atoms with E-state index in [0.29, 0.717) is 24.6 Å². The fourth-order valence-electron chi connectivity index (χ4n) is 1.66. The smallest absolute Gasteiger partial charge is 0.305 e. The zero-order chi connectivity index (χ0) is 13.7. The van der Waals surface area contributed by atoms with Crippen LogP contribution in [-0.4, -0.2) is 33.6 Å². The highest BCUT2D eigenvalue weighted by Gasteiger charge is 2.14. The largest absolute Gasteiger partial charge is 0.481 e. The van der Waals surface area contributed by atoms with Gasteiger partial charge in [0.25, 0.3) is 5.56 Å². The molecule has 6 heteroatoms. The summed E-state index contributed by atoms with van der Waals surface area (Å²) in [6.07, 6.45) is 0.655. The number of carboxylic acids is 1. The summed E-state index contributed by atoms with van der Waals surface area (Å²) in [5, 5.41) is 8.73. The van der Waals surface area contributed by atoms with Crippen molar-refractivity contribution < 1.29 is 9.90 Å². The summed E-state index contributed by atoms with van der Waals surface area (Å²) in [5.74, 6) is 0.284. The molecule has 18 heavy (non-hydrogen) atoms. The van der Waals surface area contributed by atoms with Gasteiger partial charge in [-0.3, -0.25) is 9.59 Å². The molecule has 1 aromatic heterocycles. The van der Waals surface area contributed by atoms with Crippen LogP contribution in [0.3, 0.4) is 0 Å². The van der Waals surface area contributed by atoms with Gasteiger partial charge in [-0.05, 0) is 13.8 Å². The maximum absolute atomic E-state index is 11.5. The molecule has 0 aliphatic heterocycles. The average Bonchev–Trinajstić information content (AvgIpc) is 2.27. The van der Waals surface area contributed by atoms with Gasteiger partial charge >= 0.3 is 5.97 Å². The third-order valence-corrected chi connectivity index (χ3v) is 2.60. The van der Waals surface area contributed by atoms with Gasteiger partial charge in [0.2, 0.25) is 0 Å². The molecule has 6 nitrogen and oxygen atoms in total. The summed E-state index contributed by atoms with van der Waals surface area (Å²) >= 11 is 0. The van der Waals surface area contributed by atoms with E-state index in [0.717, 1.165) is 0 Å². The van der Waals surface area contributed by atoms with Crippen LogP contribution in [0.1, 0.15) is 33.0 Å². The van der Waals surface area contributed by atoms with Crippen LogP contribution < -0.4 is 10.5 Å². The lowest BCUT2D eigenvalue weighted by Crippen LogP contribution is -2.34. The number of rotatable bonds is 6. The Balaban J connectivity index is 3.01. The lowest BCUT2D eigenvalue weighted by molar-refractivity contribution is -0.136. The van der Waals surface area contributed by atoms with Crippen molar-refractivity contribution in [3.8, 4) is 0 Å². The van der Waals surface area contributed by atoms with Crippen LogP contribution in [0.25, 0.3) is 0 Å². The van der Waals surface area contributed by atoms with Crippen molar-refractivity contribution in [1.29, 1.82) is 0 Å². The number of aryl methyl sites for hydroxylation is 1. The lowest BCUT2D eigenvalue weighted by atomic mass is 10.2. The Labute approximate surface area is 106 Å². The topological polar surface area (TPSA) is 86.3 Å². The summed E-state index contributed by atoms with van der Waals surface area (Å²) in [5.41, 5.74) is -0.210. The van der Waals surface area contributed by atoms with Crippen molar-refractivity contribution in [2.75, 3.05) is 11.4 Å². The summed E-state index contributed by atoms with van der Waals surface area (Å²) < 4.78 is 0. The molecule has 1 aromatic rings. The first-order chi connectivity index (χ1) is 8.43. The van der Waals surface area contributed by atoms with Crippen LogP contribution in [0.5, 0.6) is 0 Å². The minimum Gasteiger partial charge on any atom is -0.481 e. The van der Waals surface area contributed by atoms with Crippen molar-refractivity contribution in [3.63, 3.8) is 0 Å². The quantitative estimate of drug-likeness (QED) is 0.790. The first-order valence-corrected chi connectivity index (χ1v) is 6.02. The molecule has 0 saturated heterocycles. The van der Waals surface area contributed by atoms with Gasteiger partial charge in [0.1, 0.15) is 11.6 Å². The fourth-order valence-corrected chi connectivity index (χ4v) is 1.66. The molecule has 0 aromatic carbocycles. The molecular weight excluding hydrogens is 234 g/mol. The summed E-state index contributed by atoms with van der Waals surface area (Å²) in [4.78, 5) is 30.9. The van der Waals surface area contributed by atoms with Gasteiger partial charge in [-0.1, -0.05) is 6.92 Å². The van der Waals surface area contributed by atoms with Gasteiger partial charge in [-0.2, -0.15) is 0 Å². The van der Waals surface area contributed by atoms with E-state index < -0.39 is 5.97 Å². The maximum Gasteiger partial charge on any atom is 0.305 e. The minimum atomic E-state index is -0.860. The molecule has 0 bridgehead atoms. The second kappa shape index (κ2) is 6.18. The highest BCUT2D eigenvalue weighted by atomic mass is 16.4. The Morgan fingerprint density at radius 3 is 2.72 bits per heavy atom. The zero-order valence-electron chi connectivity index (χ0n) is 10.9. The predicted octanol–water partition coefficient (Wildman–Crippen LogP) is 1.02. The number of hydrogen-bond donors (Lipinski definition) is 2. The number of aromatic amines is 1. The number of nitrogens with one attached hydrogen (secondary N) is 1. The van der Waals surface area contributed by atoms with Crippen molar-refractivity contribution >= 4 is 11.8 Å².